The summed E-state index contributed by atoms with van der Waals surface area (Å²) < 4.78 is 17.4. The van der Waals surface area contributed by atoms with E-state index in [9.17, 15) is 9.59 Å². The Morgan fingerprint density at radius 3 is 1.12 bits per heavy atom. The fraction of sp³-hybridized carbons (Fsp3) is 0.705. The molecule has 0 heterocycles. The number of unbranched alkanes of at least 4 members (excludes halogenated alkanes) is 23. The van der Waals surface area contributed by atoms with E-state index >= 15 is 0 Å². The number of rotatable bonds is 50. The van der Waals surface area contributed by atoms with Gasteiger partial charge >= 0.3 is 11.9 Å². The van der Waals surface area contributed by atoms with Gasteiger partial charge in [0.05, 0.1) is 6.61 Å². The van der Waals surface area contributed by atoms with Crippen molar-refractivity contribution < 1.29 is 23.8 Å². The van der Waals surface area contributed by atoms with Gasteiger partial charge < -0.3 is 14.2 Å². The van der Waals surface area contributed by atoms with E-state index in [1.54, 1.807) is 0 Å². The van der Waals surface area contributed by atoms with Gasteiger partial charge in [0.2, 0.25) is 0 Å². The summed E-state index contributed by atoms with van der Waals surface area (Å²) in [6, 6.07) is 0. The summed E-state index contributed by atoms with van der Waals surface area (Å²) in [5.74, 6) is -0.457. The lowest BCUT2D eigenvalue weighted by molar-refractivity contribution is -0.163. The second-order valence-corrected chi connectivity index (χ2v) is 18.1. The number of allylic oxidation sites excluding steroid dienone is 16. The molecule has 66 heavy (non-hydrogen) atoms. The van der Waals surface area contributed by atoms with Crippen LogP contribution < -0.4 is 0 Å². The summed E-state index contributed by atoms with van der Waals surface area (Å²) in [4.78, 5) is 25.5. The molecule has 0 radical (unpaired) electrons. The maximum absolute atomic E-state index is 12.8. The van der Waals surface area contributed by atoms with Gasteiger partial charge in [-0.3, -0.25) is 9.59 Å². The molecule has 0 bridgehead atoms. The zero-order chi connectivity index (χ0) is 47.7. The molecule has 1 atom stereocenters. The van der Waals surface area contributed by atoms with E-state index in [1.807, 2.05) is 0 Å². The minimum Gasteiger partial charge on any atom is -0.462 e. The van der Waals surface area contributed by atoms with Crippen LogP contribution in [-0.4, -0.2) is 37.9 Å². The Morgan fingerprint density at radius 1 is 0.348 bits per heavy atom. The Hall–Kier alpha value is -3.18. The molecule has 5 heteroatoms. The molecular weight excluding hydrogens is 813 g/mol. The number of hydrogen-bond acceptors (Lipinski definition) is 5. The van der Waals surface area contributed by atoms with Gasteiger partial charge in [-0.1, -0.05) is 214 Å². The van der Waals surface area contributed by atoms with E-state index in [2.05, 4.69) is 118 Å². The molecule has 0 aromatic rings. The molecule has 5 nitrogen and oxygen atoms in total. The highest BCUT2D eigenvalue weighted by Gasteiger charge is 2.17. The number of carbonyl (C=O) groups is 2. The lowest BCUT2D eigenvalue weighted by Crippen LogP contribution is -2.30. The minimum absolute atomic E-state index is 0.0577. The summed E-state index contributed by atoms with van der Waals surface area (Å²) in [6.45, 7) is 7.61. The Bertz CT molecular complexity index is 1270. The van der Waals surface area contributed by atoms with E-state index in [4.69, 9.17) is 14.2 Å². The molecule has 0 rings (SSSR count). The highest BCUT2D eigenvalue weighted by atomic mass is 16.6. The molecule has 0 aliphatic heterocycles. The van der Waals surface area contributed by atoms with Crippen molar-refractivity contribution in [2.75, 3.05) is 19.8 Å². The van der Waals surface area contributed by atoms with Crippen LogP contribution in [0.5, 0.6) is 0 Å². The Kier molecular flexibility index (Phi) is 53.4. The van der Waals surface area contributed by atoms with Crippen LogP contribution in [-0.2, 0) is 23.8 Å². The van der Waals surface area contributed by atoms with Crippen molar-refractivity contribution in [1.82, 2.24) is 0 Å². The van der Waals surface area contributed by atoms with Crippen molar-refractivity contribution in [3.05, 3.63) is 97.2 Å². The summed E-state index contributed by atoms with van der Waals surface area (Å²) in [7, 11) is 0. The first kappa shape index (κ1) is 62.8. The van der Waals surface area contributed by atoms with Crippen molar-refractivity contribution in [3.8, 4) is 0 Å². The molecule has 0 aromatic heterocycles. The van der Waals surface area contributed by atoms with Gasteiger partial charge in [-0.05, 0) is 122 Å². The lowest BCUT2D eigenvalue weighted by atomic mass is 10.1. The Labute approximate surface area is 409 Å². The highest BCUT2D eigenvalue weighted by Crippen LogP contribution is 2.13. The molecule has 0 aromatic carbocycles. The van der Waals surface area contributed by atoms with Crippen LogP contribution in [0.4, 0.5) is 0 Å². The van der Waals surface area contributed by atoms with E-state index in [-0.39, 0.29) is 25.2 Å². The van der Waals surface area contributed by atoms with Gasteiger partial charge in [-0.15, -0.1) is 0 Å². The van der Waals surface area contributed by atoms with Gasteiger partial charge in [-0.25, -0.2) is 0 Å². The predicted octanol–water partition coefficient (Wildman–Crippen LogP) is 19.0. The van der Waals surface area contributed by atoms with Crippen LogP contribution in [0.3, 0.4) is 0 Å². The average Bonchev–Trinajstić information content (AvgIpc) is 3.32. The van der Waals surface area contributed by atoms with Crippen LogP contribution in [0.2, 0.25) is 0 Å². The van der Waals surface area contributed by atoms with Crippen LogP contribution in [0.25, 0.3) is 0 Å². The third-order valence-electron chi connectivity index (χ3n) is 11.6. The highest BCUT2D eigenvalue weighted by molar-refractivity contribution is 5.70. The molecule has 0 saturated heterocycles. The molecule has 0 aliphatic rings. The Morgan fingerprint density at radius 2 is 0.682 bits per heavy atom. The molecule has 0 aliphatic carbocycles. The molecule has 1 unspecified atom stereocenters. The molecule has 0 fully saturated rings. The molecule has 0 spiro atoms. The van der Waals surface area contributed by atoms with Gasteiger partial charge in [0, 0.05) is 19.4 Å². The summed E-state index contributed by atoms with van der Waals surface area (Å²) in [6.07, 6.45) is 75.6. The number of carbonyl (C=O) groups excluding carboxylic acids is 2. The summed E-state index contributed by atoms with van der Waals surface area (Å²) in [5.41, 5.74) is 0. The topological polar surface area (TPSA) is 61.8 Å². The maximum Gasteiger partial charge on any atom is 0.306 e. The molecule has 0 N–H and O–H groups in total. The smallest absolute Gasteiger partial charge is 0.306 e. The van der Waals surface area contributed by atoms with Crippen LogP contribution in [0, 0.1) is 0 Å². The van der Waals surface area contributed by atoms with Crippen LogP contribution in [0.1, 0.15) is 252 Å². The number of ether oxygens (including phenoxy) is 3. The van der Waals surface area contributed by atoms with Crippen molar-refractivity contribution in [2.24, 2.45) is 0 Å². The molecule has 378 valence electrons. The number of esters is 2. The number of hydrogen-bond donors (Lipinski definition) is 0. The molecular formula is C61H104O5. The molecule has 0 amide bonds. The van der Waals surface area contributed by atoms with Gasteiger partial charge in [0.15, 0.2) is 6.10 Å². The first-order valence-electron chi connectivity index (χ1n) is 27.8. The summed E-state index contributed by atoms with van der Waals surface area (Å²) >= 11 is 0. The predicted molar refractivity (Wildman–Crippen MR) is 288 cm³/mol. The Balaban J connectivity index is 4.36. The first-order chi connectivity index (χ1) is 32.6. The second-order valence-electron chi connectivity index (χ2n) is 18.1. The third-order valence-corrected chi connectivity index (χ3v) is 11.6. The monoisotopic (exact) mass is 917 g/mol. The second kappa shape index (κ2) is 56.1. The quantitative estimate of drug-likeness (QED) is 0.0346. The zero-order valence-electron chi connectivity index (χ0n) is 43.4. The van der Waals surface area contributed by atoms with Crippen molar-refractivity contribution in [3.63, 3.8) is 0 Å². The molecule has 0 saturated carbocycles. The van der Waals surface area contributed by atoms with Gasteiger partial charge in [0.1, 0.15) is 6.61 Å². The fourth-order valence-electron chi connectivity index (χ4n) is 7.44. The van der Waals surface area contributed by atoms with Gasteiger partial charge in [-0.2, -0.15) is 0 Å². The van der Waals surface area contributed by atoms with E-state index in [0.717, 1.165) is 89.9 Å². The van der Waals surface area contributed by atoms with Gasteiger partial charge in [0.25, 0.3) is 0 Å². The fourth-order valence-corrected chi connectivity index (χ4v) is 7.44. The maximum atomic E-state index is 12.8. The van der Waals surface area contributed by atoms with E-state index in [0.29, 0.717) is 19.4 Å². The zero-order valence-corrected chi connectivity index (χ0v) is 43.4. The first-order valence-corrected chi connectivity index (χ1v) is 27.8. The minimum atomic E-state index is -0.570. The van der Waals surface area contributed by atoms with Crippen molar-refractivity contribution >= 4 is 11.9 Å². The van der Waals surface area contributed by atoms with Crippen LogP contribution >= 0.6 is 0 Å². The largest absolute Gasteiger partial charge is 0.462 e. The standard InChI is InChI=1S/C61H104O5/c1-4-7-10-13-16-19-22-25-28-30-32-35-38-41-44-47-50-53-56-64-57-59(66-61(63)55-52-49-46-43-40-37-33-27-24-21-18-15-12-9-6-3)58-65-60(62)54-51-48-45-42-39-36-34-31-29-26-23-20-17-14-11-8-5-2/h9,12,16-21,25-29,33,40,43,59H,4-8,10-11,13-15,22-24,30-32,34-39,41-42,44-58H2,1-3H3/b12-9-,19-16-,20-17-,21-18-,28-25-,29-26-,33-27-,43-40-. The third kappa shape index (κ3) is 53.4. The van der Waals surface area contributed by atoms with Crippen LogP contribution in [0.15, 0.2) is 97.2 Å². The van der Waals surface area contributed by atoms with Crippen molar-refractivity contribution in [2.45, 2.75) is 258 Å². The normalized spacial score (nSPS) is 13.0. The summed E-state index contributed by atoms with van der Waals surface area (Å²) in [5, 5.41) is 0. The lowest BCUT2D eigenvalue weighted by Gasteiger charge is -2.18. The average molecular weight is 917 g/mol. The van der Waals surface area contributed by atoms with E-state index < -0.39 is 6.10 Å². The SMILES string of the molecule is CC/C=C\C/C=C\C/C=C\C/C=C\CCCCC(=O)OC(COCCCCCCCCCC/C=C\C/C=C\CCCCC)COC(=O)CCCCCCCCC/C=C\C/C=C\CCCCC. The van der Waals surface area contributed by atoms with E-state index in [1.165, 1.54) is 128 Å². The van der Waals surface area contributed by atoms with Crippen molar-refractivity contribution in [1.29, 1.82) is 0 Å².